The summed E-state index contributed by atoms with van der Waals surface area (Å²) in [7, 11) is 0. The molecule has 0 saturated heterocycles. The highest BCUT2D eigenvalue weighted by Gasteiger charge is 2.17. The van der Waals surface area contributed by atoms with Crippen LogP contribution in [-0.4, -0.2) is 10.8 Å². The lowest BCUT2D eigenvalue weighted by Crippen LogP contribution is -2.30. The summed E-state index contributed by atoms with van der Waals surface area (Å²) in [5.41, 5.74) is 2.51. The molecule has 0 unspecified atom stereocenters. The summed E-state index contributed by atoms with van der Waals surface area (Å²) in [4.78, 5) is 22.4. The van der Waals surface area contributed by atoms with Gasteiger partial charge in [-0.1, -0.05) is 15.9 Å². The van der Waals surface area contributed by atoms with Gasteiger partial charge in [0, 0.05) is 16.1 Å². The zero-order chi connectivity index (χ0) is 15.4. The van der Waals surface area contributed by atoms with Crippen LogP contribution < -0.4 is 16.0 Å². The highest BCUT2D eigenvalue weighted by Crippen LogP contribution is 2.31. The third kappa shape index (κ3) is 3.57. The van der Waals surface area contributed by atoms with E-state index >= 15 is 0 Å². The zero-order valence-electron chi connectivity index (χ0n) is 10.5. The Morgan fingerprint density at radius 3 is 2.90 bits per heavy atom. The van der Waals surface area contributed by atoms with Crippen molar-refractivity contribution in [1.29, 1.82) is 0 Å². The van der Waals surface area contributed by atoms with Crippen LogP contribution in [0.25, 0.3) is 0 Å². The van der Waals surface area contributed by atoms with Crippen LogP contribution in [0.2, 0.25) is 0 Å². The molecule has 0 aliphatic carbocycles. The predicted octanol–water partition coefficient (Wildman–Crippen LogP) is 2.60. The number of carbonyl (C=O) groups is 1. The maximum atomic E-state index is 11.5. The quantitative estimate of drug-likeness (QED) is 0.363. The van der Waals surface area contributed by atoms with Crippen molar-refractivity contribution in [1.82, 2.24) is 5.43 Å². The van der Waals surface area contributed by atoms with Gasteiger partial charge in [0.25, 0.3) is 5.91 Å². The van der Waals surface area contributed by atoms with E-state index in [1.54, 1.807) is 17.5 Å². The Hall–Kier alpha value is -1.97. The summed E-state index contributed by atoms with van der Waals surface area (Å²) >= 11 is 4.39. The molecule has 0 atom stereocenters. The second-order valence-electron chi connectivity index (χ2n) is 3.91. The summed E-state index contributed by atoms with van der Waals surface area (Å²) in [6.45, 7) is 0.0364. The fraction of sp³-hybridized carbons (Fsp3) is 0.0833. The van der Waals surface area contributed by atoms with Gasteiger partial charge in [0.15, 0.2) is 5.75 Å². The van der Waals surface area contributed by atoms with Crippen molar-refractivity contribution in [2.75, 3.05) is 0 Å². The second-order valence-corrected chi connectivity index (χ2v) is 5.74. The molecule has 9 heteroatoms. The number of nitro groups is 1. The lowest BCUT2D eigenvalue weighted by atomic mass is 10.2. The summed E-state index contributed by atoms with van der Waals surface area (Å²) in [5.74, 6) is 4.80. The van der Waals surface area contributed by atoms with Crippen molar-refractivity contribution in [3.8, 4) is 5.75 Å². The van der Waals surface area contributed by atoms with Crippen molar-refractivity contribution >= 4 is 38.9 Å². The number of rotatable bonds is 5. The number of hydrogen-bond donors (Lipinski definition) is 2. The molecule has 110 valence electrons. The number of benzene rings is 1. The summed E-state index contributed by atoms with van der Waals surface area (Å²) in [5, 5.41) is 12.7. The maximum Gasteiger partial charge on any atom is 0.312 e. The lowest BCUT2D eigenvalue weighted by Gasteiger charge is -2.07. The van der Waals surface area contributed by atoms with Crippen molar-refractivity contribution in [3.63, 3.8) is 0 Å². The van der Waals surface area contributed by atoms with Crippen LogP contribution in [0, 0.1) is 10.1 Å². The third-order valence-corrected chi connectivity index (χ3v) is 4.03. The molecule has 1 aromatic carbocycles. The second kappa shape index (κ2) is 6.66. The number of hydrogen-bond acceptors (Lipinski definition) is 6. The number of ether oxygens (including phenoxy) is 1. The molecular formula is C12H10BrN3O4S. The number of hydrazine groups is 1. The Labute approximate surface area is 132 Å². The van der Waals surface area contributed by atoms with E-state index in [1.165, 1.54) is 23.5 Å². The average molecular weight is 372 g/mol. The minimum atomic E-state index is -0.527. The SMILES string of the molecule is NNC(=O)c1sccc1COc1ccc(Br)cc1[N+](=O)[O-]. The van der Waals surface area contributed by atoms with Crippen LogP contribution in [0.3, 0.4) is 0 Å². The number of amides is 1. The predicted molar refractivity (Wildman–Crippen MR) is 81.1 cm³/mol. The molecule has 0 spiro atoms. The van der Waals surface area contributed by atoms with Crippen LogP contribution in [0.4, 0.5) is 5.69 Å². The summed E-state index contributed by atoms with van der Waals surface area (Å²) in [6, 6.07) is 6.21. The molecule has 1 heterocycles. The first-order chi connectivity index (χ1) is 10.0. The van der Waals surface area contributed by atoms with Crippen LogP contribution in [0.15, 0.2) is 34.1 Å². The minimum Gasteiger partial charge on any atom is -0.482 e. The Morgan fingerprint density at radius 1 is 1.48 bits per heavy atom. The molecule has 3 N–H and O–H groups in total. The molecule has 2 rings (SSSR count). The fourth-order valence-corrected chi connectivity index (χ4v) is 2.79. The standard InChI is InChI=1S/C12H10BrN3O4S/c13-8-1-2-10(9(5-8)16(18)19)20-6-7-3-4-21-11(7)12(17)15-14/h1-5H,6,14H2,(H,15,17). The van der Waals surface area contributed by atoms with Gasteiger partial charge in [-0.3, -0.25) is 20.3 Å². The van der Waals surface area contributed by atoms with Crippen molar-refractivity contribution in [3.05, 3.63) is 54.7 Å². The van der Waals surface area contributed by atoms with E-state index in [0.29, 0.717) is 14.9 Å². The van der Waals surface area contributed by atoms with E-state index < -0.39 is 10.8 Å². The number of nitrogen functional groups attached to an aromatic ring is 1. The van der Waals surface area contributed by atoms with Gasteiger partial charge in [0.2, 0.25) is 0 Å². The number of nitro benzene ring substituents is 1. The van der Waals surface area contributed by atoms with Crippen molar-refractivity contribution in [2.45, 2.75) is 6.61 Å². The first-order valence-corrected chi connectivity index (χ1v) is 7.34. The average Bonchev–Trinajstić information content (AvgIpc) is 2.93. The summed E-state index contributed by atoms with van der Waals surface area (Å²) < 4.78 is 6.04. The van der Waals surface area contributed by atoms with Crippen LogP contribution >= 0.6 is 27.3 Å². The van der Waals surface area contributed by atoms with Gasteiger partial charge in [-0.25, -0.2) is 5.84 Å². The molecule has 1 aromatic heterocycles. The number of carbonyl (C=O) groups excluding carboxylic acids is 1. The van der Waals surface area contributed by atoms with Crippen molar-refractivity contribution < 1.29 is 14.5 Å². The first kappa shape index (κ1) is 15.4. The maximum absolute atomic E-state index is 11.5. The highest BCUT2D eigenvalue weighted by atomic mass is 79.9. The number of nitrogens with zero attached hydrogens (tertiary/aromatic N) is 1. The van der Waals surface area contributed by atoms with Crippen LogP contribution in [-0.2, 0) is 6.61 Å². The van der Waals surface area contributed by atoms with E-state index in [9.17, 15) is 14.9 Å². The van der Waals surface area contributed by atoms with Gasteiger partial charge < -0.3 is 4.74 Å². The molecule has 21 heavy (non-hydrogen) atoms. The topological polar surface area (TPSA) is 107 Å². The van der Waals surface area contributed by atoms with E-state index in [-0.39, 0.29) is 18.0 Å². The number of halogens is 1. The fourth-order valence-electron chi connectivity index (χ4n) is 1.62. The Morgan fingerprint density at radius 2 is 2.24 bits per heavy atom. The number of nitrogens with two attached hydrogens (primary N) is 1. The van der Waals surface area contributed by atoms with Crippen molar-refractivity contribution in [2.24, 2.45) is 5.84 Å². The monoisotopic (exact) mass is 371 g/mol. The molecule has 2 aromatic rings. The molecule has 0 radical (unpaired) electrons. The van der Waals surface area contributed by atoms with Gasteiger partial charge in [0.1, 0.15) is 6.61 Å². The molecular weight excluding hydrogens is 362 g/mol. The van der Waals surface area contributed by atoms with Gasteiger partial charge in [-0.2, -0.15) is 0 Å². The Balaban J connectivity index is 2.19. The largest absolute Gasteiger partial charge is 0.482 e. The molecule has 1 amide bonds. The smallest absolute Gasteiger partial charge is 0.312 e. The number of nitrogens with one attached hydrogen (secondary N) is 1. The van der Waals surface area contributed by atoms with E-state index in [1.807, 2.05) is 5.43 Å². The van der Waals surface area contributed by atoms with E-state index in [2.05, 4.69) is 15.9 Å². The molecule has 0 aliphatic heterocycles. The molecule has 0 bridgehead atoms. The lowest BCUT2D eigenvalue weighted by molar-refractivity contribution is -0.386. The van der Waals surface area contributed by atoms with Gasteiger partial charge in [-0.15, -0.1) is 11.3 Å². The molecule has 7 nitrogen and oxygen atoms in total. The first-order valence-electron chi connectivity index (χ1n) is 5.67. The Kier molecular flexibility index (Phi) is 4.89. The van der Waals surface area contributed by atoms with Crippen LogP contribution in [0.1, 0.15) is 15.2 Å². The van der Waals surface area contributed by atoms with E-state index in [4.69, 9.17) is 10.6 Å². The molecule has 0 saturated carbocycles. The van der Waals surface area contributed by atoms with Crippen LogP contribution in [0.5, 0.6) is 5.75 Å². The normalized spacial score (nSPS) is 10.2. The minimum absolute atomic E-state index is 0.0364. The van der Waals surface area contributed by atoms with E-state index in [0.717, 1.165) is 0 Å². The molecule has 0 aliphatic rings. The van der Waals surface area contributed by atoms with Gasteiger partial charge in [0.05, 0.1) is 9.80 Å². The summed E-state index contributed by atoms with van der Waals surface area (Å²) in [6.07, 6.45) is 0. The highest BCUT2D eigenvalue weighted by molar-refractivity contribution is 9.10. The third-order valence-electron chi connectivity index (χ3n) is 2.58. The van der Waals surface area contributed by atoms with Gasteiger partial charge in [-0.05, 0) is 23.6 Å². The number of thiophene rings is 1. The zero-order valence-corrected chi connectivity index (χ0v) is 12.9. The Bertz CT molecular complexity index is 689. The molecule has 0 fully saturated rings. The van der Waals surface area contributed by atoms with Gasteiger partial charge >= 0.3 is 5.69 Å².